The van der Waals surface area contributed by atoms with Crippen LogP contribution in [0.4, 0.5) is 0 Å². The fourth-order valence-corrected chi connectivity index (χ4v) is 2.28. The number of hydrogen-bond acceptors (Lipinski definition) is 2. The molecule has 94 valence electrons. The van der Waals surface area contributed by atoms with E-state index in [9.17, 15) is 4.79 Å². The van der Waals surface area contributed by atoms with E-state index in [0.29, 0.717) is 6.42 Å². The van der Waals surface area contributed by atoms with Crippen molar-refractivity contribution in [2.75, 3.05) is 0 Å². The molecule has 0 bridgehead atoms. The van der Waals surface area contributed by atoms with Crippen LogP contribution in [-0.4, -0.2) is 16.0 Å². The van der Waals surface area contributed by atoms with Crippen molar-refractivity contribution in [2.24, 2.45) is 0 Å². The highest BCUT2D eigenvalue weighted by molar-refractivity contribution is 5.99. The summed E-state index contributed by atoms with van der Waals surface area (Å²) in [6.45, 7) is 1.88. The van der Waals surface area contributed by atoms with Gasteiger partial charge in [0.25, 0.3) is 0 Å². The summed E-state index contributed by atoms with van der Waals surface area (Å²) in [4.78, 5) is 11.8. The average Bonchev–Trinajstić information content (AvgIpc) is 2.94. The second-order valence-electron chi connectivity index (χ2n) is 4.49. The fraction of sp³-hybridized carbons (Fsp3) is 0.125. The Balaban J connectivity index is 2.16. The largest absolute Gasteiger partial charge is 0.294 e. The van der Waals surface area contributed by atoms with Crippen molar-refractivity contribution in [3.8, 4) is 11.1 Å². The molecule has 1 heterocycles. The van der Waals surface area contributed by atoms with E-state index in [4.69, 9.17) is 0 Å². The molecule has 0 amide bonds. The Labute approximate surface area is 111 Å². The maximum absolute atomic E-state index is 11.8. The van der Waals surface area contributed by atoms with E-state index >= 15 is 0 Å². The summed E-state index contributed by atoms with van der Waals surface area (Å²) in [5.74, 6) is 0.168. The molecule has 1 aromatic heterocycles. The number of nitrogens with zero attached hydrogens (tertiary/aromatic N) is 1. The molecular formula is C16H14N2O. The van der Waals surface area contributed by atoms with Gasteiger partial charge < -0.3 is 0 Å². The molecule has 1 N–H and O–H groups in total. The molecule has 0 radical (unpaired) electrons. The van der Waals surface area contributed by atoms with Crippen molar-refractivity contribution in [1.29, 1.82) is 0 Å². The minimum atomic E-state index is 0.168. The molecular weight excluding hydrogens is 236 g/mol. The summed E-state index contributed by atoms with van der Waals surface area (Å²) in [7, 11) is 0. The van der Waals surface area contributed by atoms with Crippen molar-refractivity contribution in [3.05, 3.63) is 54.2 Å². The third kappa shape index (κ3) is 2.03. The van der Waals surface area contributed by atoms with E-state index in [1.54, 1.807) is 0 Å². The smallest absolute Gasteiger partial charge is 0.162 e. The molecule has 0 aliphatic carbocycles. The van der Waals surface area contributed by atoms with Crippen molar-refractivity contribution >= 4 is 16.7 Å². The van der Waals surface area contributed by atoms with Gasteiger partial charge in [-0.3, -0.25) is 9.89 Å². The van der Waals surface area contributed by atoms with E-state index in [-0.39, 0.29) is 5.78 Å². The molecule has 0 unspecified atom stereocenters. The van der Waals surface area contributed by atoms with Crippen molar-refractivity contribution in [1.82, 2.24) is 10.2 Å². The lowest BCUT2D eigenvalue weighted by Crippen LogP contribution is -1.96. The number of ketones is 1. The third-order valence-corrected chi connectivity index (χ3v) is 3.30. The van der Waals surface area contributed by atoms with Gasteiger partial charge in [-0.25, -0.2) is 0 Å². The maximum atomic E-state index is 11.8. The van der Waals surface area contributed by atoms with E-state index in [2.05, 4.69) is 10.2 Å². The molecule has 0 atom stereocenters. The number of aromatic amines is 1. The lowest BCUT2D eigenvalue weighted by Gasteiger charge is -2.05. The highest BCUT2D eigenvalue weighted by Gasteiger charge is 2.08. The summed E-state index contributed by atoms with van der Waals surface area (Å²) in [6, 6.07) is 13.8. The second kappa shape index (κ2) is 4.69. The normalized spacial score (nSPS) is 10.8. The lowest BCUT2D eigenvalue weighted by atomic mass is 9.98. The Hall–Kier alpha value is -2.42. The molecule has 2 aromatic carbocycles. The van der Waals surface area contributed by atoms with E-state index in [1.807, 2.05) is 55.6 Å². The number of Topliss-reactive ketones (excluding diaryl/α,β-unsaturated/α-hetero) is 1. The van der Waals surface area contributed by atoms with E-state index in [1.165, 1.54) is 0 Å². The van der Waals surface area contributed by atoms with Crippen LogP contribution in [0.3, 0.4) is 0 Å². The first kappa shape index (κ1) is 11.7. The fourth-order valence-electron chi connectivity index (χ4n) is 2.28. The number of carbonyl (C=O) groups excluding carboxylic acids is 1. The molecule has 0 saturated carbocycles. The zero-order valence-electron chi connectivity index (χ0n) is 10.7. The number of aromatic nitrogens is 2. The Kier molecular flexibility index (Phi) is 2.88. The molecule has 3 aromatic rings. The average molecular weight is 250 g/mol. The first-order valence-electron chi connectivity index (χ1n) is 6.35. The minimum absolute atomic E-state index is 0.168. The van der Waals surface area contributed by atoms with Crippen LogP contribution in [0.5, 0.6) is 0 Å². The lowest BCUT2D eigenvalue weighted by molar-refractivity contribution is 0.0988. The second-order valence-corrected chi connectivity index (χ2v) is 4.49. The molecule has 0 fully saturated rings. The number of fused-ring (bicyclic) bond motifs is 1. The standard InChI is InChI=1S/C16H14N2O/c1-2-16(19)12-6-3-5-11(9-12)13-7-4-8-15-14(13)10-17-18-15/h3-10H,2H2,1H3,(H,17,18). The summed E-state index contributed by atoms with van der Waals surface area (Å²) < 4.78 is 0. The number of hydrogen-bond donors (Lipinski definition) is 1. The molecule has 0 saturated heterocycles. The predicted molar refractivity (Wildman–Crippen MR) is 76.2 cm³/mol. The van der Waals surface area contributed by atoms with E-state index in [0.717, 1.165) is 27.6 Å². The SMILES string of the molecule is CCC(=O)c1cccc(-c2cccc3[nH]ncc23)c1. The van der Waals surface area contributed by atoms with Gasteiger partial charge in [0.05, 0.1) is 11.7 Å². The van der Waals surface area contributed by atoms with Gasteiger partial charge >= 0.3 is 0 Å². The van der Waals surface area contributed by atoms with Crippen molar-refractivity contribution in [3.63, 3.8) is 0 Å². The predicted octanol–water partition coefficient (Wildman–Crippen LogP) is 3.82. The van der Waals surface area contributed by atoms with Crippen LogP contribution < -0.4 is 0 Å². The molecule has 3 rings (SSSR count). The van der Waals surface area contributed by atoms with Gasteiger partial charge in [0.15, 0.2) is 5.78 Å². The Morgan fingerprint density at radius 2 is 2.05 bits per heavy atom. The van der Waals surface area contributed by atoms with Gasteiger partial charge in [-0.1, -0.05) is 37.3 Å². The summed E-state index contributed by atoms with van der Waals surface area (Å²) in [5, 5.41) is 8.10. The van der Waals surface area contributed by atoms with Crippen LogP contribution in [0.2, 0.25) is 0 Å². The summed E-state index contributed by atoms with van der Waals surface area (Å²) >= 11 is 0. The van der Waals surface area contributed by atoms with Gasteiger partial charge in [-0.2, -0.15) is 5.10 Å². The van der Waals surface area contributed by atoms with Gasteiger partial charge in [0.2, 0.25) is 0 Å². The van der Waals surface area contributed by atoms with Crippen LogP contribution in [0.25, 0.3) is 22.0 Å². The maximum Gasteiger partial charge on any atom is 0.162 e. The first-order chi connectivity index (χ1) is 9.29. The number of rotatable bonds is 3. The molecule has 0 aliphatic heterocycles. The first-order valence-corrected chi connectivity index (χ1v) is 6.35. The monoisotopic (exact) mass is 250 g/mol. The molecule has 3 heteroatoms. The van der Waals surface area contributed by atoms with Crippen LogP contribution in [0.1, 0.15) is 23.7 Å². The topological polar surface area (TPSA) is 45.8 Å². The highest BCUT2D eigenvalue weighted by atomic mass is 16.1. The number of nitrogens with one attached hydrogen (secondary N) is 1. The zero-order valence-corrected chi connectivity index (χ0v) is 10.7. The highest BCUT2D eigenvalue weighted by Crippen LogP contribution is 2.28. The van der Waals surface area contributed by atoms with Crippen LogP contribution in [0.15, 0.2) is 48.7 Å². The summed E-state index contributed by atoms with van der Waals surface area (Å²) in [5.41, 5.74) is 3.91. The molecule has 19 heavy (non-hydrogen) atoms. The molecule has 3 nitrogen and oxygen atoms in total. The zero-order chi connectivity index (χ0) is 13.2. The third-order valence-electron chi connectivity index (χ3n) is 3.30. The Bertz CT molecular complexity index is 743. The number of H-pyrrole nitrogens is 1. The van der Waals surface area contributed by atoms with Gasteiger partial charge in [-0.15, -0.1) is 0 Å². The number of carbonyl (C=O) groups is 1. The van der Waals surface area contributed by atoms with Gasteiger partial charge in [0, 0.05) is 17.4 Å². The van der Waals surface area contributed by atoms with Gasteiger partial charge in [-0.05, 0) is 23.3 Å². The van der Waals surface area contributed by atoms with Crippen molar-refractivity contribution in [2.45, 2.75) is 13.3 Å². The Morgan fingerprint density at radius 3 is 2.89 bits per heavy atom. The minimum Gasteiger partial charge on any atom is -0.294 e. The van der Waals surface area contributed by atoms with Crippen LogP contribution >= 0.6 is 0 Å². The quantitative estimate of drug-likeness (QED) is 0.718. The molecule has 0 aliphatic rings. The van der Waals surface area contributed by atoms with Crippen molar-refractivity contribution < 1.29 is 4.79 Å². The van der Waals surface area contributed by atoms with E-state index < -0.39 is 0 Å². The number of benzene rings is 2. The van der Waals surface area contributed by atoms with Crippen LogP contribution in [0, 0.1) is 0 Å². The Morgan fingerprint density at radius 1 is 1.21 bits per heavy atom. The molecule has 0 spiro atoms. The van der Waals surface area contributed by atoms with Crippen LogP contribution in [-0.2, 0) is 0 Å². The summed E-state index contributed by atoms with van der Waals surface area (Å²) in [6.07, 6.45) is 2.35. The van der Waals surface area contributed by atoms with Gasteiger partial charge in [0.1, 0.15) is 0 Å².